The molecule has 3 aromatic rings. The first-order valence-electron chi connectivity index (χ1n) is 10.6. The Hall–Kier alpha value is -3.72. The van der Waals surface area contributed by atoms with Crippen LogP contribution in [0.15, 0.2) is 71.6 Å². The summed E-state index contributed by atoms with van der Waals surface area (Å²) in [5.41, 5.74) is 1.53. The lowest BCUT2D eigenvalue weighted by Gasteiger charge is -2.23. The first-order valence-corrected chi connectivity index (χ1v) is 12.0. The van der Waals surface area contributed by atoms with Gasteiger partial charge in [0.05, 0.1) is 44.0 Å². The molecule has 0 fully saturated rings. The van der Waals surface area contributed by atoms with Gasteiger partial charge in [0.1, 0.15) is 5.75 Å². The van der Waals surface area contributed by atoms with Crippen molar-refractivity contribution in [3.05, 3.63) is 72.3 Å². The average molecular weight is 485 g/mol. The molecule has 0 aliphatic rings. The minimum Gasteiger partial charge on any atom is -0.495 e. The Balaban J connectivity index is 1.87. The Labute approximate surface area is 200 Å². The van der Waals surface area contributed by atoms with Crippen LogP contribution in [0.25, 0.3) is 0 Å². The SMILES string of the molecule is CCN(c1ccccc1)S(=O)(=O)c1ccc(OC)c(NC(=O)Cc2ccc(OC)c(OC)c2)c1. The lowest BCUT2D eigenvalue weighted by molar-refractivity contribution is -0.115. The second-order valence-corrected chi connectivity index (χ2v) is 9.14. The third-order valence-corrected chi connectivity index (χ3v) is 7.08. The molecule has 1 N–H and O–H groups in total. The zero-order valence-electron chi connectivity index (χ0n) is 19.6. The molecule has 0 aliphatic heterocycles. The quantitative estimate of drug-likeness (QED) is 0.466. The van der Waals surface area contributed by atoms with Gasteiger partial charge < -0.3 is 19.5 Å². The van der Waals surface area contributed by atoms with Crippen LogP contribution >= 0.6 is 0 Å². The molecule has 0 heterocycles. The molecule has 0 spiro atoms. The summed E-state index contributed by atoms with van der Waals surface area (Å²) in [5, 5.41) is 2.77. The number of nitrogens with zero attached hydrogens (tertiary/aromatic N) is 1. The van der Waals surface area contributed by atoms with E-state index in [4.69, 9.17) is 14.2 Å². The number of benzene rings is 3. The van der Waals surface area contributed by atoms with Gasteiger partial charge in [-0.1, -0.05) is 24.3 Å². The second-order valence-electron chi connectivity index (χ2n) is 7.28. The zero-order chi connectivity index (χ0) is 24.7. The van der Waals surface area contributed by atoms with Crippen molar-refractivity contribution in [3.63, 3.8) is 0 Å². The number of rotatable bonds is 10. The van der Waals surface area contributed by atoms with Crippen LogP contribution in [0.5, 0.6) is 17.2 Å². The molecule has 0 atom stereocenters. The van der Waals surface area contributed by atoms with Gasteiger partial charge in [-0.2, -0.15) is 0 Å². The van der Waals surface area contributed by atoms with E-state index in [1.54, 1.807) is 49.4 Å². The van der Waals surface area contributed by atoms with Crippen LogP contribution in [0.2, 0.25) is 0 Å². The molecule has 0 saturated carbocycles. The molecule has 3 aromatic carbocycles. The summed E-state index contributed by atoms with van der Waals surface area (Å²) in [6.07, 6.45) is 0.0472. The Morgan fingerprint density at radius 1 is 0.853 bits per heavy atom. The van der Waals surface area contributed by atoms with E-state index in [0.717, 1.165) is 0 Å². The van der Waals surface area contributed by atoms with Gasteiger partial charge in [0.2, 0.25) is 5.91 Å². The fourth-order valence-corrected chi connectivity index (χ4v) is 5.03. The third-order valence-electron chi connectivity index (χ3n) is 5.18. The highest BCUT2D eigenvalue weighted by Gasteiger charge is 2.25. The summed E-state index contributed by atoms with van der Waals surface area (Å²) >= 11 is 0. The molecule has 0 saturated heterocycles. The van der Waals surface area contributed by atoms with E-state index >= 15 is 0 Å². The standard InChI is InChI=1S/C25H28N2O6S/c1-5-27(19-9-7-6-8-10-19)34(29,30)20-12-14-22(31-2)21(17-20)26-25(28)16-18-11-13-23(32-3)24(15-18)33-4/h6-15,17H,5,16H2,1-4H3,(H,26,28). The van der Waals surface area contributed by atoms with Crippen molar-refractivity contribution < 1.29 is 27.4 Å². The first-order chi connectivity index (χ1) is 16.3. The maximum absolute atomic E-state index is 13.4. The van der Waals surface area contributed by atoms with E-state index in [2.05, 4.69) is 5.32 Å². The molecule has 34 heavy (non-hydrogen) atoms. The predicted octanol–water partition coefficient (Wildman–Crippen LogP) is 4.11. The number of carbonyl (C=O) groups is 1. The number of hydrogen-bond acceptors (Lipinski definition) is 6. The van der Waals surface area contributed by atoms with Crippen LogP contribution in [0.1, 0.15) is 12.5 Å². The van der Waals surface area contributed by atoms with Crippen LogP contribution < -0.4 is 23.8 Å². The number of hydrogen-bond donors (Lipinski definition) is 1. The minimum absolute atomic E-state index is 0.0421. The highest BCUT2D eigenvalue weighted by atomic mass is 32.2. The highest BCUT2D eigenvalue weighted by molar-refractivity contribution is 7.92. The zero-order valence-corrected chi connectivity index (χ0v) is 20.4. The topological polar surface area (TPSA) is 94.2 Å². The van der Waals surface area contributed by atoms with Gasteiger partial charge in [0, 0.05) is 6.54 Å². The summed E-state index contributed by atoms with van der Waals surface area (Å²) in [6, 6.07) is 18.4. The van der Waals surface area contributed by atoms with Crippen molar-refractivity contribution in [3.8, 4) is 17.2 Å². The molecule has 3 rings (SSSR count). The molecule has 0 aromatic heterocycles. The van der Waals surface area contributed by atoms with Crippen molar-refractivity contribution in [1.29, 1.82) is 0 Å². The van der Waals surface area contributed by atoms with Crippen LogP contribution in [-0.2, 0) is 21.2 Å². The molecule has 0 bridgehead atoms. The van der Waals surface area contributed by atoms with E-state index < -0.39 is 10.0 Å². The van der Waals surface area contributed by atoms with E-state index in [1.807, 2.05) is 6.07 Å². The van der Waals surface area contributed by atoms with E-state index in [1.165, 1.54) is 43.8 Å². The van der Waals surface area contributed by atoms with E-state index in [0.29, 0.717) is 28.5 Å². The molecular formula is C25H28N2O6S. The fraction of sp³-hybridized carbons (Fsp3) is 0.240. The van der Waals surface area contributed by atoms with E-state index in [9.17, 15) is 13.2 Å². The molecule has 0 aliphatic carbocycles. The second kappa shape index (κ2) is 10.9. The predicted molar refractivity (Wildman–Crippen MR) is 132 cm³/mol. The lowest BCUT2D eigenvalue weighted by atomic mass is 10.1. The maximum Gasteiger partial charge on any atom is 0.264 e. The van der Waals surface area contributed by atoms with Crippen molar-refractivity contribution in [1.82, 2.24) is 0 Å². The Kier molecular flexibility index (Phi) is 8.01. The summed E-state index contributed by atoms with van der Waals surface area (Å²) in [5.74, 6) is 1.09. The van der Waals surface area contributed by atoms with Crippen LogP contribution in [-0.4, -0.2) is 42.2 Å². The Morgan fingerprint density at radius 3 is 2.12 bits per heavy atom. The van der Waals surface area contributed by atoms with Crippen molar-refractivity contribution in [2.75, 3.05) is 37.5 Å². The number of methoxy groups -OCH3 is 3. The van der Waals surface area contributed by atoms with Crippen LogP contribution in [0.4, 0.5) is 11.4 Å². The number of carbonyl (C=O) groups excluding carboxylic acids is 1. The van der Waals surface area contributed by atoms with Crippen LogP contribution in [0, 0.1) is 0 Å². The number of nitrogens with one attached hydrogen (secondary N) is 1. The number of ether oxygens (including phenoxy) is 3. The molecule has 9 heteroatoms. The molecule has 0 radical (unpaired) electrons. The summed E-state index contributed by atoms with van der Waals surface area (Å²) in [7, 11) is 0.645. The fourth-order valence-electron chi connectivity index (χ4n) is 3.53. The van der Waals surface area contributed by atoms with Crippen molar-refractivity contribution in [2.45, 2.75) is 18.2 Å². The van der Waals surface area contributed by atoms with Crippen molar-refractivity contribution >= 4 is 27.3 Å². The monoisotopic (exact) mass is 484 g/mol. The third kappa shape index (κ3) is 5.43. The van der Waals surface area contributed by atoms with Gasteiger partial charge in [-0.25, -0.2) is 8.42 Å². The van der Waals surface area contributed by atoms with Gasteiger partial charge in [0.15, 0.2) is 11.5 Å². The number of para-hydroxylation sites is 1. The largest absolute Gasteiger partial charge is 0.495 e. The van der Waals surface area contributed by atoms with Crippen molar-refractivity contribution in [2.24, 2.45) is 0 Å². The van der Waals surface area contributed by atoms with E-state index in [-0.39, 0.29) is 29.5 Å². The number of sulfonamides is 1. The number of anilines is 2. The molecule has 180 valence electrons. The first kappa shape index (κ1) is 24.9. The molecular weight excluding hydrogens is 456 g/mol. The summed E-state index contributed by atoms with van der Waals surface area (Å²) < 4.78 is 43.9. The summed E-state index contributed by atoms with van der Waals surface area (Å²) in [4.78, 5) is 12.8. The summed E-state index contributed by atoms with van der Waals surface area (Å²) in [6.45, 7) is 2.01. The Morgan fingerprint density at radius 2 is 1.50 bits per heavy atom. The molecule has 1 amide bonds. The minimum atomic E-state index is -3.87. The maximum atomic E-state index is 13.4. The smallest absolute Gasteiger partial charge is 0.264 e. The van der Waals surface area contributed by atoms with Gasteiger partial charge in [-0.05, 0) is 55.0 Å². The average Bonchev–Trinajstić information content (AvgIpc) is 2.84. The number of amides is 1. The van der Waals surface area contributed by atoms with Gasteiger partial charge in [-0.15, -0.1) is 0 Å². The highest BCUT2D eigenvalue weighted by Crippen LogP contribution is 2.31. The van der Waals surface area contributed by atoms with Gasteiger partial charge in [-0.3, -0.25) is 9.10 Å². The molecule has 8 nitrogen and oxygen atoms in total. The van der Waals surface area contributed by atoms with Gasteiger partial charge in [0.25, 0.3) is 10.0 Å². The lowest BCUT2D eigenvalue weighted by Crippen LogP contribution is -2.30. The van der Waals surface area contributed by atoms with Gasteiger partial charge >= 0.3 is 0 Å². The Bertz CT molecular complexity index is 1250. The van der Waals surface area contributed by atoms with Crippen LogP contribution in [0.3, 0.4) is 0 Å². The normalized spacial score (nSPS) is 10.9. The molecule has 0 unspecified atom stereocenters.